The Morgan fingerprint density at radius 2 is 1.95 bits per heavy atom. The van der Waals surface area contributed by atoms with Crippen molar-refractivity contribution < 1.29 is 27.5 Å². The molecule has 2 aromatic carbocycles. The Hall–Kier alpha value is -4.24. The van der Waals surface area contributed by atoms with E-state index < -0.39 is 42.7 Å². The molecule has 0 saturated heterocycles. The molecule has 0 saturated carbocycles. The second-order valence-electron chi connectivity index (χ2n) is 9.88. The molecule has 1 aromatic heterocycles. The zero-order valence-corrected chi connectivity index (χ0v) is 22.8. The number of nitrogens with zero attached hydrogens (tertiary/aromatic N) is 3. The Labute approximate surface area is 235 Å². The van der Waals surface area contributed by atoms with E-state index >= 15 is 0 Å². The SMILES string of the molecule is O=C(N[C@H]1N=C(C2=CCCC=C2)c2cccc(P)c2NC1=O)c1c(-c2ccccc2F)nn2c1OCC(F)(F)CC2. The van der Waals surface area contributed by atoms with Crippen LogP contribution in [0.3, 0.4) is 0 Å². The first-order valence-corrected chi connectivity index (χ1v) is 13.6. The van der Waals surface area contributed by atoms with E-state index in [4.69, 9.17) is 4.74 Å². The van der Waals surface area contributed by atoms with Gasteiger partial charge in [0.2, 0.25) is 12.0 Å². The van der Waals surface area contributed by atoms with Crippen molar-refractivity contribution in [2.45, 2.75) is 37.9 Å². The minimum atomic E-state index is -3.14. The Morgan fingerprint density at radius 1 is 1.15 bits per heavy atom. The Kier molecular flexibility index (Phi) is 6.99. The molecule has 2 N–H and O–H groups in total. The highest BCUT2D eigenvalue weighted by Crippen LogP contribution is 2.36. The fraction of sp³-hybridized carbons (Fsp3) is 0.241. The first-order chi connectivity index (χ1) is 19.7. The number of aromatic nitrogens is 2. The van der Waals surface area contributed by atoms with Gasteiger partial charge in [-0.1, -0.05) is 48.6 Å². The number of anilines is 1. The number of amides is 2. The Balaban J connectivity index is 1.43. The number of hydrogen-bond acceptors (Lipinski definition) is 5. The number of alkyl halides is 2. The smallest absolute Gasteiger partial charge is 0.283 e. The molecule has 1 unspecified atom stereocenters. The average molecular weight is 580 g/mol. The topological polar surface area (TPSA) is 97.6 Å². The van der Waals surface area contributed by atoms with Gasteiger partial charge in [-0.25, -0.2) is 22.8 Å². The monoisotopic (exact) mass is 579 g/mol. The van der Waals surface area contributed by atoms with Crippen LogP contribution >= 0.6 is 9.24 Å². The van der Waals surface area contributed by atoms with Gasteiger partial charge in [0.1, 0.15) is 17.1 Å². The number of para-hydroxylation sites is 1. The number of allylic oxidation sites excluding steroid dienone is 4. The maximum Gasteiger partial charge on any atom is 0.283 e. The molecule has 12 heteroatoms. The summed E-state index contributed by atoms with van der Waals surface area (Å²) in [6.45, 7) is -1.23. The van der Waals surface area contributed by atoms with Crippen LogP contribution in [0, 0.1) is 5.82 Å². The molecule has 0 spiro atoms. The molecular formula is C29H25F3N5O3P. The maximum absolute atomic E-state index is 14.9. The van der Waals surface area contributed by atoms with Crippen molar-refractivity contribution in [3.8, 4) is 17.1 Å². The van der Waals surface area contributed by atoms with Crippen LogP contribution in [0.1, 0.15) is 35.2 Å². The lowest BCUT2D eigenvalue weighted by Crippen LogP contribution is -2.42. The van der Waals surface area contributed by atoms with Crippen molar-refractivity contribution in [2.75, 3.05) is 11.9 Å². The summed E-state index contributed by atoms with van der Waals surface area (Å²) in [4.78, 5) is 31.9. The van der Waals surface area contributed by atoms with Crippen molar-refractivity contribution in [3.63, 3.8) is 0 Å². The highest BCUT2D eigenvalue weighted by Gasteiger charge is 2.38. The van der Waals surface area contributed by atoms with Crippen LogP contribution in [0.2, 0.25) is 0 Å². The number of ether oxygens (including phenoxy) is 1. The van der Waals surface area contributed by atoms with Gasteiger partial charge in [0, 0.05) is 17.5 Å². The third-order valence-electron chi connectivity index (χ3n) is 7.01. The second-order valence-corrected chi connectivity index (χ2v) is 10.5. The van der Waals surface area contributed by atoms with Crippen molar-refractivity contribution in [1.82, 2.24) is 15.1 Å². The van der Waals surface area contributed by atoms with Crippen LogP contribution in [0.4, 0.5) is 18.9 Å². The lowest BCUT2D eigenvalue weighted by Gasteiger charge is -2.16. The first-order valence-electron chi connectivity index (χ1n) is 13.0. The molecule has 41 heavy (non-hydrogen) atoms. The van der Waals surface area contributed by atoms with E-state index in [9.17, 15) is 22.8 Å². The number of benzodiazepines with no additional fused rings is 1. The van der Waals surface area contributed by atoms with E-state index in [2.05, 4.69) is 30.0 Å². The maximum atomic E-state index is 14.9. The van der Waals surface area contributed by atoms with Gasteiger partial charge < -0.3 is 15.4 Å². The molecule has 0 bridgehead atoms. The Morgan fingerprint density at radius 3 is 2.73 bits per heavy atom. The first kappa shape index (κ1) is 27.0. The summed E-state index contributed by atoms with van der Waals surface area (Å²) < 4.78 is 49.7. The summed E-state index contributed by atoms with van der Waals surface area (Å²) in [7, 11) is 2.58. The highest BCUT2D eigenvalue weighted by molar-refractivity contribution is 7.28. The lowest BCUT2D eigenvalue weighted by atomic mass is 9.96. The number of aryl methyl sites for hydroxylation is 1. The van der Waals surface area contributed by atoms with E-state index in [1.807, 2.05) is 36.4 Å². The van der Waals surface area contributed by atoms with Crippen LogP contribution in [0.25, 0.3) is 11.3 Å². The van der Waals surface area contributed by atoms with E-state index in [1.165, 1.54) is 18.2 Å². The summed E-state index contributed by atoms with van der Waals surface area (Å²) in [6.07, 6.45) is 5.61. The number of aliphatic imine (C=N–C) groups is 1. The highest BCUT2D eigenvalue weighted by atomic mass is 31.0. The molecule has 1 aliphatic carbocycles. The van der Waals surface area contributed by atoms with Crippen LogP contribution in [-0.4, -0.2) is 46.0 Å². The van der Waals surface area contributed by atoms with Gasteiger partial charge in [-0.2, -0.15) is 5.10 Å². The molecule has 3 heterocycles. The molecule has 6 rings (SSSR count). The lowest BCUT2D eigenvalue weighted by molar-refractivity contribution is -0.117. The number of hydrogen-bond donors (Lipinski definition) is 2. The average Bonchev–Trinajstić information content (AvgIpc) is 3.17. The number of halogens is 3. The normalized spacial score (nSPS) is 19.4. The number of benzene rings is 2. The van der Waals surface area contributed by atoms with Crippen molar-refractivity contribution in [1.29, 1.82) is 0 Å². The molecule has 2 amide bonds. The van der Waals surface area contributed by atoms with Crippen LogP contribution in [0.5, 0.6) is 5.88 Å². The van der Waals surface area contributed by atoms with E-state index in [-0.39, 0.29) is 29.2 Å². The molecule has 0 fully saturated rings. The van der Waals surface area contributed by atoms with Gasteiger partial charge in [-0.3, -0.25) is 9.59 Å². The van der Waals surface area contributed by atoms with E-state index in [1.54, 1.807) is 6.07 Å². The van der Waals surface area contributed by atoms with Crippen LogP contribution in [0.15, 0.2) is 71.3 Å². The molecule has 210 valence electrons. The van der Waals surface area contributed by atoms with Gasteiger partial charge in [-0.05, 0) is 35.9 Å². The van der Waals surface area contributed by atoms with Gasteiger partial charge in [-0.15, -0.1) is 9.24 Å². The number of fused-ring (bicyclic) bond motifs is 2. The largest absolute Gasteiger partial charge is 0.471 e. The molecular weight excluding hydrogens is 554 g/mol. The number of carbonyl (C=O) groups is 2. The summed E-state index contributed by atoms with van der Waals surface area (Å²) in [6, 6.07) is 11.2. The van der Waals surface area contributed by atoms with E-state index in [0.29, 0.717) is 17.0 Å². The van der Waals surface area contributed by atoms with Crippen molar-refractivity contribution in [2.24, 2.45) is 4.99 Å². The van der Waals surface area contributed by atoms with Crippen molar-refractivity contribution >= 4 is 37.8 Å². The summed E-state index contributed by atoms with van der Waals surface area (Å²) >= 11 is 0. The summed E-state index contributed by atoms with van der Waals surface area (Å²) in [5.74, 6) is -5.52. The van der Waals surface area contributed by atoms with E-state index in [0.717, 1.165) is 28.4 Å². The van der Waals surface area contributed by atoms with Gasteiger partial charge in [0.25, 0.3) is 17.7 Å². The predicted octanol–water partition coefficient (Wildman–Crippen LogP) is 4.38. The van der Waals surface area contributed by atoms with Gasteiger partial charge in [0.15, 0.2) is 6.61 Å². The van der Waals surface area contributed by atoms with Crippen LogP contribution in [-0.2, 0) is 11.3 Å². The number of nitrogens with one attached hydrogen (secondary N) is 2. The summed E-state index contributed by atoms with van der Waals surface area (Å²) in [5, 5.41) is 10.5. The number of carbonyl (C=O) groups excluding carboxylic acids is 2. The molecule has 2 atom stereocenters. The third-order valence-corrected chi connectivity index (χ3v) is 7.50. The predicted molar refractivity (Wildman–Crippen MR) is 151 cm³/mol. The summed E-state index contributed by atoms with van der Waals surface area (Å²) in [5.41, 5.74) is 2.15. The second kappa shape index (κ2) is 10.6. The molecule has 8 nitrogen and oxygen atoms in total. The molecule has 0 radical (unpaired) electrons. The van der Waals surface area contributed by atoms with Gasteiger partial charge >= 0.3 is 0 Å². The molecule has 2 aliphatic heterocycles. The standard InChI is InChI=1S/C29H25F3N5O3P/c30-19-11-5-4-9-17(19)24-21(28-37(36-24)14-13-29(31,32)15-40-28)26(38)35-25-27(39)34-23-18(10-6-12-20(23)41)22(33-25)16-7-2-1-3-8-16/h2,4-12,25H,1,3,13-15,41H2,(H,34,39)(H,35,38)/t25-/m1/s1. The third kappa shape index (κ3) is 5.17. The zero-order valence-electron chi connectivity index (χ0n) is 21.7. The van der Waals surface area contributed by atoms with Crippen LogP contribution < -0.4 is 20.7 Å². The van der Waals surface area contributed by atoms with Gasteiger partial charge in [0.05, 0.1) is 17.9 Å². The molecule has 3 aliphatic rings. The minimum absolute atomic E-state index is 0.0133. The Bertz CT molecular complexity index is 1660. The quantitative estimate of drug-likeness (QED) is 0.449. The fourth-order valence-corrected chi connectivity index (χ4v) is 5.31. The molecule has 3 aromatic rings. The zero-order chi connectivity index (χ0) is 28.7. The minimum Gasteiger partial charge on any atom is -0.471 e. The number of rotatable bonds is 4. The fourth-order valence-electron chi connectivity index (χ4n) is 4.98. The van der Waals surface area contributed by atoms with Crippen molar-refractivity contribution in [3.05, 3.63) is 83.2 Å².